The Bertz CT molecular complexity index is 897. The van der Waals surface area contributed by atoms with Crippen LogP contribution in [0.4, 0.5) is 23.1 Å². The number of benzene rings is 1. The molecule has 2 aromatic rings. The maximum Gasteiger partial charge on any atom is 0.573 e. The zero-order valence-electron chi connectivity index (χ0n) is 15.5. The van der Waals surface area contributed by atoms with Gasteiger partial charge in [-0.05, 0) is 12.1 Å². The van der Waals surface area contributed by atoms with Crippen LogP contribution < -0.4 is 14.8 Å². The molecule has 1 fully saturated rings. The first-order chi connectivity index (χ1) is 14.2. The van der Waals surface area contributed by atoms with Crippen LogP contribution in [-0.4, -0.2) is 52.5 Å². The molecule has 1 aromatic carbocycles. The number of anilines is 1. The number of carboxylic acid groups (broad SMARTS) is 1. The van der Waals surface area contributed by atoms with E-state index in [-0.39, 0.29) is 30.1 Å². The van der Waals surface area contributed by atoms with E-state index in [4.69, 9.17) is 9.84 Å². The number of urea groups is 1. The molecule has 3 rings (SSSR count). The molecule has 1 aromatic heterocycles. The molecule has 2 amide bonds. The van der Waals surface area contributed by atoms with E-state index in [1.54, 1.807) is 16.3 Å². The number of carbonyl (C=O) groups excluding carboxylic acids is 1. The fourth-order valence-corrected chi connectivity index (χ4v) is 3.58. The predicted octanol–water partition coefficient (Wildman–Crippen LogP) is 3.74. The van der Waals surface area contributed by atoms with Crippen LogP contribution in [0.5, 0.6) is 11.5 Å². The zero-order valence-corrected chi connectivity index (χ0v) is 16.3. The molecule has 30 heavy (non-hydrogen) atoms. The number of aromatic nitrogens is 1. The monoisotopic (exact) mass is 445 g/mol. The number of likely N-dealkylation sites (tertiary alicyclic amines) is 1. The average Bonchev–Trinajstić information content (AvgIpc) is 3.07. The highest BCUT2D eigenvalue weighted by Crippen LogP contribution is 2.28. The summed E-state index contributed by atoms with van der Waals surface area (Å²) in [5.41, 5.74) is 0.367. The maximum absolute atomic E-state index is 12.3. The molecule has 0 radical (unpaired) electrons. The van der Waals surface area contributed by atoms with E-state index in [2.05, 4.69) is 15.0 Å². The number of alkyl halides is 3. The van der Waals surface area contributed by atoms with Crippen molar-refractivity contribution in [2.24, 2.45) is 0 Å². The normalized spacial score (nSPS) is 15.0. The van der Waals surface area contributed by atoms with E-state index in [0.717, 1.165) is 11.3 Å². The summed E-state index contributed by atoms with van der Waals surface area (Å²) in [4.78, 5) is 28.7. The lowest BCUT2D eigenvalue weighted by Gasteiger charge is -2.32. The van der Waals surface area contributed by atoms with Gasteiger partial charge in [0.1, 0.15) is 17.6 Å². The summed E-state index contributed by atoms with van der Waals surface area (Å²) in [6.45, 7) is 0.783. The lowest BCUT2D eigenvalue weighted by atomic mass is 10.1. The highest BCUT2D eigenvalue weighted by atomic mass is 32.1. The number of nitrogens with one attached hydrogen (secondary N) is 1. The van der Waals surface area contributed by atoms with E-state index in [0.29, 0.717) is 36.8 Å². The topological polar surface area (TPSA) is 101 Å². The molecule has 0 aliphatic carbocycles. The Balaban J connectivity index is 1.47. The van der Waals surface area contributed by atoms with Crippen molar-refractivity contribution in [1.29, 1.82) is 0 Å². The van der Waals surface area contributed by atoms with Crippen LogP contribution in [0, 0.1) is 0 Å². The predicted molar refractivity (Wildman–Crippen MR) is 101 cm³/mol. The standard InChI is InChI=1S/C18H18F3N3O5S/c19-18(20,21)29-14-3-1-2-13(9-14)28-12-4-6-24(7-5-12)17(27)23-16-22-11(10-30-16)8-15(25)26/h1-3,9-10,12H,4-8H2,(H,25,26)(H,22,23,27). The van der Waals surface area contributed by atoms with Crippen LogP contribution in [0.3, 0.4) is 0 Å². The molecule has 0 saturated carbocycles. The first-order valence-electron chi connectivity index (χ1n) is 8.92. The van der Waals surface area contributed by atoms with E-state index in [1.807, 2.05) is 0 Å². The smallest absolute Gasteiger partial charge is 0.490 e. The van der Waals surface area contributed by atoms with Crippen LogP contribution in [-0.2, 0) is 11.2 Å². The van der Waals surface area contributed by atoms with Gasteiger partial charge < -0.3 is 19.5 Å². The molecule has 162 valence electrons. The van der Waals surface area contributed by atoms with Gasteiger partial charge >= 0.3 is 18.4 Å². The molecule has 0 atom stereocenters. The van der Waals surface area contributed by atoms with E-state index >= 15 is 0 Å². The molecule has 1 aliphatic rings. The second kappa shape index (κ2) is 9.20. The summed E-state index contributed by atoms with van der Waals surface area (Å²) >= 11 is 1.14. The van der Waals surface area contributed by atoms with Crippen molar-refractivity contribution >= 4 is 28.5 Å². The van der Waals surface area contributed by atoms with Crippen LogP contribution in [0.1, 0.15) is 18.5 Å². The maximum atomic E-state index is 12.3. The molecule has 8 nitrogen and oxygen atoms in total. The van der Waals surface area contributed by atoms with Crippen molar-refractivity contribution in [2.45, 2.75) is 31.7 Å². The zero-order chi connectivity index (χ0) is 21.7. The number of carbonyl (C=O) groups is 2. The molecule has 0 spiro atoms. The Kier molecular flexibility index (Phi) is 6.65. The minimum absolute atomic E-state index is 0.218. The number of rotatable bonds is 6. The molecular formula is C18H18F3N3O5S. The lowest BCUT2D eigenvalue weighted by Crippen LogP contribution is -2.43. The lowest BCUT2D eigenvalue weighted by molar-refractivity contribution is -0.274. The molecule has 12 heteroatoms. The van der Waals surface area contributed by atoms with Crippen molar-refractivity contribution in [3.05, 3.63) is 35.3 Å². The fraction of sp³-hybridized carbons (Fsp3) is 0.389. The largest absolute Gasteiger partial charge is 0.573 e. The molecule has 2 heterocycles. The Hall–Kier alpha value is -3.02. The van der Waals surface area contributed by atoms with Crippen molar-refractivity contribution < 1.29 is 37.3 Å². The van der Waals surface area contributed by atoms with Gasteiger partial charge in [-0.1, -0.05) is 6.07 Å². The number of piperidine rings is 1. The Morgan fingerprint density at radius 2 is 1.97 bits per heavy atom. The number of hydrogen-bond acceptors (Lipinski definition) is 6. The summed E-state index contributed by atoms with van der Waals surface area (Å²) in [5.74, 6) is -1.10. The minimum atomic E-state index is -4.77. The molecular weight excluding hydrogens is 427 g/mol. The molecule has 1 saturated heterocycles. The third-order valence-electron chi connectivity index (χ3n) is 4.17. The highest BCUT2D eigenvalue weighted by Gasteiger charge is 2.31. The highest BCUT2D eigenvalue weighted by molar-refractivity contribution is 7.13. The van der Waals surface area contributed by atoms with Gasteiger partial charge in [0.25, 0.3) is 0 Å². The first kappa shape index (κ1) is 21.7. The third-order valence-corrected chi connectivity index (χ3v) is 4.98. The van der Waals surface area contributed by atoms with Gasteiger partial charge in [0, 0.05) is 37.4 Å². The van der Waals surface area contributed by atoms with Gasteiger partial charge in [-0.2, -0.15) is 0 Å². The number of hydrogen-bond donors (Lipinski definition) is 2. The average molecular weight is 445 g/mol. The molecule has 0 bridgehead atoms. The van der Waals surface area contributed by atoms with Gasteiger partial charge in [-0.15, -0.1) is 24.5 Å². The van der Waals surface area contributed by atoms with Gasteiger partial charge in [-0.25, -0.2) is 9.78 Å². The second-order valence-electron chi connectivity index (χ2n) is 6.47. The molecule has 2 N–H and O–H groups in total. The number of aliphatic carboxylic acids is 1. The van der Waals surface area contributed by atoms with Crippen LogP contribution in [0.15, 0.2) is 29.6 Å². The van der Waals surface area contributed by atoms with E-state index in [9.17, 15) is 22.8 Å². The Morgan fingerprint density at radius 3 is 2.63 bits per heavy atom. The van der Waals surface area contributed by atoms with Crippen molar-refractivity contribution in [3.8, 4) is 11.5 Å². The van der Waals surface area contributed by atoms with E-state index < -0.39 is 12.3 Å². The van der Waals surface area contributed by atoms with Gasteiger partial charge in [-0.3, -0.25) is 10.1 Å². The van der Waals surface area contributed by atoms with Crippen molar-refractivity contribution in [3.63, 3.8) is 0 Å². The van der Waals surface area contributed by atoms with E-state index in [1.165, 1.54) is 18.2 Å². The minimum Gasteiger partial charge on any atom is -0.490 e. The molecule has 0 unspecified atom stereocenters. The number of nitrogens with zero attached hydrogens (tertiary/aromatic N) is 2. The number of halogens is 3. The first-order valence-corrected chi connectivity index (χ1v) is 9.80. The summed E-state index contributed by atoms with van der Waals surface area (Å²) in [6.07, 6.45) is -4.25. The third kappa shape index (κ3) is 6.51. The second-order valence-corrected chi connectivity index (χ2v) is 7.33. The number of ether oxygens (including phenoxy) is 2. The Labute approximate surface area is 173 Å². The summed E-state index contributed by atoms with van der Waals surface area (Å²) in [6, 6.07) is 4.95. The fourth-order valence-electron chi connectivity index (χ4n) is 2.88. The van der Waals surface area contributed by atoms with Crippen molar-refractivity contribution in [2.75, 3.05) is 18.4 Å². The summed E-state index contributed by atoms with van der Waals surface area (Å²) in [5, 5.41) is 13.3. The van der Waals surface area contributed by atoms with Gasteiger partial charge in [0.05, 0.1) is 12.1 Å². The number of amides is 2. The molecule has 1 aliphatic heterocycles. The van der Waals surface area contributed by atoms with Crippen LogP contribution >= 0.6 is 11.3 Å². The van der Waals surface area contributed by atoms with Crippen molar-refractivity contribution in [1.82, 2.24) is 9.88 Å². The number of carboxylic acids is 1. The van der Waals surface area contributed by atoms with Gasteiger partial charge in [0.15, 0.2) is 5.13 Å². The van der Waals surface area contributed by atoms with Gasteiger partial charge in [0.2, 0.25) is 0 Å². The van der Waals surface area contributed by atoms with Crippen LogP contribution in [0.2, 0.25) is 0 Å². The summed E-state index contributed by atoms with van der Waals surface area (Å²) < 4.78 is 46.6. The van der Waals surface area contributed by atoms with Crippen LogP contribution in [0.25, 0.3) is 0 Å². The SMILES string of the molecule is O=C(O)Cc1csc(NC(=O)N2CCC(Oc3cccc(OC(F)(F)F)c3)CC2)n1. The summed E-state index contributed by atoms with van der Waals surface area (Å²) in [7, 11) is 0. The number of thiazole rings is 1. The Morgan fingerprint density at radius 1 is 1.27 bits per heavy atom. The quantitative estimate of drug-likeness (QED) is 0.703.